The molecule has 0 radical (unpaired) electrons. The summed E-state index contributed by atoms with van der Waals surface area (Å²) in [4.78, 5) is 14.6. The zero-order valence-electron chi connectivity index (χ0n) is 19.5. The highest BCUT2D eigenvalue weighted by Crippen LogP contribution is 2.25. The minimum Gasteiger partial charge on any atom is -0.508 e. The van der Waals surface area contributed by atoms with Crippen LogP contribution in [0.4, 0.5) is 0 Å². The van der Waals surface area contributed by atoms with Crippen molar-refractivity contribution in [2.24, 2.45) is 5.92 Å². The second kappa shape index (κ2) is 11.0. The molecule has 2 aromatic carbocycles. The Balaban J connectivity index is 1.54. The number of benzene rings is 2. The summed E-state index contributed by atoms with van der Waals surface area (Å²) in [5, 5.41) is 42.4. The van der Waals surface area contributed by atoms with Crippen LogP contribution in [0, 0.1) is 5.92 Å². The van der Waals surface area contributed by atoms with Crippen LogP contribution < -0.4 is 5.32 Å². The van der Waals surface area contributed by atoms with Gasteiger partial charge < -0.3 is 30.6 Å². The number of aliphatic hydroxyl groups excluding tert-OH is 2. The molecule has 0 aromatic heterocycles. The molecular formula is C26H36N2O5. The molecule has 5 N–H and O–H groups in total. The number of nitrogens with zero attached hydrogens (tertiary/aromatic N) is 1. The van der Waals surface area contributed by atoms with Crippen molar-refractivity contribution in [3.05, 3.63) is 59.2 Å². The third-order valence-electron chi connectivity index (χ3n) is 6.30. The lowest BCUT2D eigenvalue weighted by Gasteiger charge is -2.31. The number of amides is 1. The van der Waals surface area contributed by atoms with Crippen molar-refractivity contribution in [2.75, 3.05) is 26.2 Å². The number of phenolic OH excluding ortho intramolecular Hbond substituents is 2. The third kappa shape index (κ3) is 7.45. The Morgan fingerprint density at radius 1 is 1.09 bits per heavy atom. The molecule has 1 amide bonds. The predicted octanol–water partition coefficient (Wildman–Crippen LogP) is 2.52. The van der Waals surface area contributed by atoms with Gasteiger partial charge in [0.25, 0.3) is 0 Å². The fourth-order valence-corrected chi connectivity index (χ4v) is 4.37. The maximum atomic E-state index is 12.7. The normalized spacial score (nSPS) is 16.1. The number of hydrogen-bond acceptors (Lipinski definition) is 6. The molecule has 180 valence electrons. The molecule has 0 spiro atoms. The fraction of sp³-hybridized carbons (Fsp3) is 0.500. The topological polar surface area (TPSA) is 113 Å². The van der Waals surface area contributed by atoms with Crippen molar-refractivity contribution in [1.29, 1.82) is 0 Å². The average molecular weight is 457 g/mol. The Labute approximate surface area is 195 Å². The second-order valence-electron chi connectivity index (χ2n) is 9.74. The first kappa shape index (κ1) is 25.0. The number of β-amino-alcohol motifs (C(OH)–C–C–N with tert-alkyl or cyclic N) is 1. The molecule has 0 aliphatic carbocycles. The number of rotatable bonds is 9. The van der Waals surface area contributed by atoms with E-state index in [1.807, 2.05) is 36.9 Å². The Morgan fingerprint density at radius 2 is 1.73 bits per heavy atom. The van der Waals surface area contributed by atoms with Crippen LogP contribution in [-0.2, 0) is 17.6 Å². The first-order valence-electron chi connectivity index (χ1n) is 11.6. The molecule has 1 atom stereocenters. The van der Waals surface area contributed by atoms with Gasteiger partial charge in [0.15, 0.2) is 0 Å². The van der Waals surface area contributed by atoms with Crippen molar-refractivity contribution in [3.8, 4) is 11.5 Å². The summed E-state index contributed by atoms with van der Waals surface area (Å²) < 4.78 is 0. The van der Waals surface area contributed by atoms with Crippen LogP contribution in [0.25, 0.3) is 0 Å². The van der Waals surface area contributed by atoms with E-state index in [4.69, 9.17) is 0 Å². The van der Waals surface area contributed by atoms with E-state index in [1.165, 1.54) is 18.2 Å². The van der Waals surface area contributed by atoms with Crippen LogP contribution in [0.5, 0.6) is 11.5 Å². The number of likely N-dealkylation sites (tertiary alicyclic amines) is 1. The largest absolute Gasteiger partial charge is 0.508 e. The minimum atomic E-state index is -0.874. The lowest BCUT2D eigenvalue weighted by Crippen LogP contribution is -2.43. The SMILES string of the molecule is CC(C)(Cc1cccc(CC(=O)N2CCC(CO)CC2)c1)NCC(O)c1cc(O)cc(O)c1. The molecule has 3 rings (SSSR count). The molecule has 0 saturated carbocycles. The van der Waals surface area contributed by atoms with Gasteiger partial charge in [0.2, 0.25) is 5.91 Å². The van der Waals surface area contributed by atoms with Crippen LogP contribution in [0.15, 0.2) is 42.5 Å². The van der Waals surface area contributed by atoms with Crippen LogP contribution in [-0.4, -0.2) is 63.0 Å². The molecule has 1 fully saturated rings. The monoisotopic (exact) mass is 456 g/mol. The number of carbonyl (C=O) groups is 1. The average Bonchev–Trinajstić information content (AvgIpc) is 2.77. The van der Waals surface area contributed by atoms with Crippen molar-refractivity contribution in [1.82, 2.24) is 10.2 Å². The van der Waals surface area contributed by atoms with Gasteiger partial charge in [-0.1, -0.05) is 24.3 Å². The molecule has 1 unspecified atom stereocenters. The molecule has 2 aromatic rings. The van der Waals surface area contributed by atoms with Crippen molar-refractivity contribution < 1.29 is 25.2 Å². The zero-order valence-corrected chi connectivity index (χ0v) is 19.5. The predicted molar refractivity (Wildman–Crippen MR) is 127 cm³/mol. The quantitative estimate of drug-likeness (QED) is 0.396. The van der Waals surface area contributed by atoms with E-state index in [0.29, 0.717) is 37.4 Å². The van der Waals surface area contributed by atoms with Gasteiger partial charge in [-0.2, -0.15) is 0 Å². The molecule has 7 nitrogen and oxygen atoms in total. The summed E-state index contributed by atoms with van der Waals surface area (Å²) in [6.07, 6.45) is 1.91. The van der Waals surface area contributed by atoms with Gasteiger partial charge in [0.05, 0.1) is 12.5 Å². The van der Waals surface area contributed by atoms with Gasteiger partial charge in [-0.3, -0.25) is 4.79 Å². The molecule has 0 bridgehead atoms. The molecule has 7 heteroatoms. The van der Waals surface area contributed by atoms with E-state index in [2.05, 4.69) is 11.4 Å². The van der Waals surface area contributed by atoms with E-state index < -0.39 is 6.10 Å². The molecule has 33 heavy (non-hydrogen) atoms. The molecule has 1 saturated heterocycles. The van der Waals surface area contributed by atoms with Crippen molar-refractivity contribution in [3.63, 3.8) is 0 Å². The highest BCUT2D eigenvalue weighted by Gasteiger charge is 2.23. The summed E-state index contributed by atoms with van der Waals surface area (Å²) in [6, 6.07) is 12.1. The molecular weight excluding hydrogens is 420 g/mol. The minimum absolute atomic E-state index is 0.0903. The number of aliphatic hydroxyl groups is 2. The Bertz CT molecular complexity index is 918. The van der Waals surface area contributed by atoms with Crippen LogP contribution in [0.1, 0.15) is 49.5 Å². The van der Waals surface area contributed by atoms with E-state index in [0.717, 1.165) is 24.0 Å². The fourth-order valence-electron chi connectivity index (χ4n) is 4.37. The highest BCUT2D eigenvalue weighted by molar-refractivity contribution is 5.78. The van der Waals surface area contributed by atoms with Crippen LogP contribution in [0.2, 0.25) is 0 Å². The Hall–Kier alpha value is -2.61. The summed E-state index contributed by atoms with van der Waals surface area (Å²) in [7, 11) is 0. The van der Waals surface area contributed by atoms with Crippen LogP contribution >= 0.6 is 0 Å². The second-order valence-corrected chi connectivity index (χ2v) is 9.74. The van der Waals surface area contributed by atoms with E-state index in [1.54, 1.807) is 0 Å². The lowest BCUT2D eigenvalue weighted by atomic mass is 9.92. The number of piperidine rings is 1. The maximum Gasteiger partial charge on any atom is 0.226 e. The summed E-state index contributed by atoms with van der Waals surface area (Å²) in [6.45, 7) is 5.96. The van der Waals surface area contributed by atoms with Crippen molar-refractivity contribution >= 4 is 5.91 Å². The van der Waals surface area contributed by atoms with Gasteiger partial charge >= 0.3 is 0 Å². The summed E-state index contributed by atoms with van der Waals surface area (Å²) in [5.41, 5.74) is 2.20. The number of hydrogen-bond donors (Lipinski definition) is 5. The van der Waals surface area contributed by atoms with E-state index >= 15 is 0 Å². The zero-order chi connectivity index (χ0) is 24.0. The molecule has 1 aliphatic rings. The number of nitrogens with one attached hydrogen (secondary N) is 1. The Morgan fingerprint density at radius 3 is 2.36 bits per heavy atom. The standard InChI is InChI=1S/C26H36N2O5/c1-26(2,27-16-24(32)21-12-22(30)14-23(31)13-21)15-20-5-3-4-19(10-20)11-25(33)28-8-6-18(17-29)7-9-28/h3-5,10,12-14,18,24,27,29-32H,6-9,11,15-17H2,1-2H3. The smallest absolute Gasteiger partial charge is 0.226 e. The van der Waals surface area contributed by atoms with Crippen molar-refractivity contribution in [2.45, 2.75) is 51.2 Å². The Kier molecular flexibility index (Phi) is 8.35. The third-order valence-corrected chi connectivity index (χ3v) is 6.30. The van der Waals surface area contributed by atoms with Gasteiger partial charge in [-0.05, 0) is 67.9 Å². The molecule has 1 aliphatic heterocycles. The summed E-state index contributed by atoms with van der Waals surface area (Å²) in [5.74, 6) is 0.252. The first-order valence-corrected chi connectivity index (χ1v) is 11.6. The molecule has 1 heterocycles. The van der Waals surface area contributed by atoms with Crippen LogP contribution in [0.3, 0.4) is 0 Å². The van der Waals surface area contributed by atoms with Gasteiger partial charge in [-0.15, -0.1) is 0 Å². The first-order chi connectivity index (χ1) is 15.6. The van der Waals surface area contributed by atoms with E-state index in [-0.39, 0.29) is 36.1 Å². The highest BCUT2D eigenvalue weighted by atomic mass is 16.3. The summed E-state index contributed by atoms with van der Waals surface area (Å²) >= 11 is 0. The number of carbonyl (C=O) groups excluding carboxylic acids is 1. The number of phenols is 2. The maximum absolute atomic E-state index is 12.7. The van der Waals surface area contributed by atoms with Gasteiger partial charge in [0.1, 0.15) is 11.5 Å². The van der Waals surface area contributed by atoms with Gasteiger partial charge in [0, 0.05) is 37.8 Å². The number of aromatic hydroxyl groups is 2. The van der Waals surface area contributed by atoms with E-state index in [9.17, 15) is 25.2 Å². The lowest BCUT2D eigenvalue weighted by molar-refractivity contribution is -0.132. The van der Waals surface area contributed by atoms with Gasteiger partial charge in [-0.25, -0.2) is 0 Å².